The SMILES string of the molecule is C1C2CC3CC1CC(C2)C3.O=CCBr. The molecule has 0 amide bonds. The Labute approximate surface area is 94.8 Å². The summed E-state index contributed by atoms with van der Waals surface area (Å²) >= 11 is 2.88. The summed E-state index contributed by atoms with van der Waals surface area (Å²) in [6.07, 6.45) is 10.4. The van der Waals surface area contributed by atoms with Gasteiger partial charge in [-0.2, -0.15) is 0 Å². The highest BCUT2D eigenvalue weighted by molar-refractivity contribution is 9.09. The number of aldehydes is 1. The molecule has 0 saturated heterocycles. The Morgan fingerprint density at radius 2 is 1.07 bits per heavy atom. The van der Waals surface area contributed by atoms with Crippen molar-refractivity contribution in [3.63, 3.8) is 0 Å². The molecule has 0 radical (unpaired) electrons. The van der Waals surface area contributed by atoms with Gasteiger partial charge in [-0.1, -0.05) is 15.9 Å². The van der Waals surface area contributed by atoms with Gasteiger partial charge in [0, 0.05) is 0 Å². The van der Waals surface area contributed by atoms with Gasteiger partial charge in [0.25, 0.3) is 0 Å². The van der Waals surface area contributed by atoms with E-state index in [0.29, 0.717) is 5.33 Å². The summed E-state index contributed by atoms with van der Waals surface area (Å²) in [5, 5.41) is 0.451. The molecule has 4 rings (SSSR count). The zero-order valence-corrected chi connectivity index (χ0v) is 10.2. The average molecular weight is 259 g/mol. The highest BCUT2D eigenvalue weighted by Crippen LogP contribution is 2.53. The number of hydrogen-bond acceptors (Lipinski definition) is 1. The fraction of sp³-hybridized carbons (Fsp3) is 0.917. The third-order valence-corrected chi connectivity index (χ3v) is 4.33. The number of rotatable bonds is 1. The van der Waals surface area contributed by atoms with Gasteiger partial charge in [0.05, 0.1) is 5.33 Å². The van der Waals surface area contributed by atoms with Gasteiger partial charge in [-0.05, 0) is 62.2 Å². The van der Waals surface area contributed by atoms with Crippen molar-refractivity contribution in [1.82, 2.24) is 0 Å². The molecule has 4 fully saturated rings. The van der Waals surface area contributed by atoms with Gasteiger partial charge >= 0.3 is 0 Å². The monoisotopic (exact) mass is 258 g/mol. The highest BCUT2D eigenvalue weighted by Gasteiger charge is 2.41. The van der Waals surface area contributed by atoms with E-state index in [1.165, 1.54) is 23.7 Å². The van der Waals surface area contributed by atoms with Crippen LogP contribution in [-0.2, 0) is 4.79 Å². The van der Waals surface area contributed by atoms with E-state index >= 15 is 0 Å². The molecular formula is C12H19BrO. The number of halogens is 1. The molecule has 4 saturated carbocycles. The molecule has 4 aliphatic rings. The number of alkyl halides is 1. The summed E-state index contributed by atoms with van der Waals surface area (Å²) in [7, 11) is 0. The van der Waals surface area contributed by atoms with Gasteiger partial charge in [0.2, 0.25) is 0 Å². The molecule has 0 heterocycles. The predicted octanol–water partition coefficient (Wildman–Crippen LogP) is 3.41. The van der Waals surface area contributed by atoms with E-state index in [4.69, 9.17) is 4.79 Å². The van der Waals surface area contributed by atoms with Crippen LogP contribution in [0.25, 0.3) is 0 Å². The van der Waals surface area contributed by atoms with Gasteiger partial charge < -0.3 is 4.79 Å². The van der Waals surface area contributed by atoms with Crippen molar-refractivity contribution in [3.8, 4) is 0 Å². The van der Waals surface area contributed by atoms with Crippen molar-refractivity contribution >= 4 is 22.2 Å². The Bertz CT molecular complexity index is 146. The molecule has 4 bridgehead atoms. The molecule has 0 unspecified atom stereocenters. The maximum absolute atomic E-state index is 9.13. The Kier molecular flexibility index (Phi) is 3.64. The van der Waals surface area contributed by atoms with E-state index in [1.807, 2.05) is 0 Å². The van der Waals surface area contributed by atoms with Crippen molar-refractivity contribution < 1.29 is 4.79 Å². The molecule has 0 atom stereocenters. The standard InChI is InChI=1S/C10H16.C2H3BrO/c1-7-2-9-4-8(1)5-10(3-7)6-9;3-1-2-4/h7-10H,1-6H2;2H,1H2. The predicted molar refractivity (Wildman–Crippen MR) is 61.5 cm³/mol. The van der Waals surface area contributed by atoms with Crippen LogP contribution in [0.15, 0.2) is 0 Å². The number of carbonyl (C=O) groups is 1. The Morgan fingerprint density at radius 1 is 0.857 bits per heavy atom. The number of carbonyl (C=O) groups excluding carboxylic acids is 1. The molecule has 0 aromatic rings. The van der Waals surface area contributed by atoms with E-state index < -0.39 is 0 Å². The Balaban J connectivity index is 0.000000165. The lowest BCUT2D eigenvalue weighted by Crippen LogP contribution is -2.38. The molecular weight excluding hydrogens is 240 g/mol. The summed E-state index contributed by atoms with van der Waals surface area (Å²) in [6, 6.07) is 0. The second kappa shape index (κ2) is 4.78. The van der Waals surface area contributed by atoms with Crippen LogP contribution in [0.2, 0.25) is 0 Å². The van der Waals surface area contributed by atoms with Crippen LogP contribution in [-0.4, -0.2) is 11.6 Å². The molecule has 0 aromatic carbocycles. The normalized spacial score (nSPS) is 42.9. The van der Waals surface area contributed by atoms with Gasteiger partial charge in [-0.15, -0.1) is 0 Å². The third-order valence-electron chi connectivity index (χ3n) is 4.06. The fourth-order valence-electron chi connectivity index (χ4n) is 3.98. The maximum atomic E-state index is 9.13. The Hall–Kier alpha value is 0.150. The lowest BCUT2D eigenvalue weighted by molar-refractivity contribution is -0.105. The van der Waals surface area contributed by atoms with Crippen LogP contribution in [0.4, 0.5) is 0 Å². The molecule has 80 valence electrons. The van der Waals surface area contributed by atoms with Gasteiger partial charge in [-0.25, -0.2) is 0 Å². The summed E-state index contributed by atoms with van der Waals surface area (Å²) in [4.78, 5) is 9.13. The van der Waals surface area contributed by atoms with Crippen LogP contribution >= 0.6 is 15.9 Å². The van der Waals surface area contributed by atoms with Gasteiger partial charge in [0.1, 0.15) is 6.29 Å². The van der Waals surface area contributed by atoms with E-state index in [2.05, 4.69) is 15.9 Å². The molecule has 0 aromatic heterocycles. The summed E-state index contributed by atoms with van der Waals surface area (Å²) in [5.41, 5.74) is 0. The van der Waals surface area contributed by atoms with Crippen LogP contribution in [0.5, 0.6) is 0 Å². The fourth-order valence-corrected chi connectivity index (χ4v) is 3.98. The Morgan fingerprint density at radius 3 is 1.21 bits per heavy atom. The maximum Gasteiger partial charge on any atom is 0.130 e. The van der Waals surface area contributed by atoms with Crippen molar-refractivity contribution in [3.05, 3.63) is 0 Å². The minimum atomic E-state index is 0.451. The van der Waals surface area contributed by atoms with Crippen molar-refractivity contribution in [2.24, 2.45) is 23.7 Å². The average Bonchev–Trinajstić information content (AvgIpc) is 2.16. The number of hydrogen-bond donors (Lipinski definition) is 0. The van der Waals surface area contributed by atoms with Crippen LogP contribution < -0.4 is 0 Å². The second-order valence-electron chi connectivity index (χ2n) is 5.20. The molecule has 1 nitrogen and oxygen atoms in total. The molecule has 2 heteroatoms. The smallest absolute Gasteiger partial charge is 0.130 e. The zero-order chi connectivity index (χ0) is 9.97. The first-order valence-corrected chi connectivity index (χ1v) is 6.93. The van der Waals surface area contributed by atoms with E-state index in [-0.39, 0.29) is 0 Å². The zero-order valence-electron chi connectivity index (χ0n) is 8.62. The van der Waals surface area contributed by atoms with Gasteiger partial charge in [-0.3, -0.25) is 0 Å². The van der Waals surface area contributed by atoms with Crippen LogP contribution in [0.3, 0.4) is 0 Å². The lowest BCUT2D eigenvalue weighted by Gasteiger charge is -2.49. The molecule has 4 aliphatic carbocycles. The van der Waals surface area contributed by atoms with Crippen LogP contribution in [0.1, 0.15) is 38.5 Å². The summed E-state index contributed by atoms with van der Waals surface area (Å²) in [5.74, 6) is 4.71. The molecule has 14 heavy (non-hydrogen) atoms. The second-order valence-corrected chi connectivity index (χ2v) is 5.85. The van der Waals surface area contributed by atoms with E-state index in [9.17, 15) is 0 Å². The topological polar surface area (TPSA) is 17.1 Å². The first-order chi connectivity index (χ1) is 6.81. The third kappa shape index (κ3) is 2.39. The highest BCUT2D eigenvalue weighted by atomic mass is 79.9. The molecule has 0 N–H and O–H groups in total. The molecule has 0 aliphatic heterocycles. The van der Waals surface area contributed by atoms with Crippen LogP contribution in [0, 0.1) is 23.7 Å². The lowest BCUT2D eigenvalue weighted by atomic mass is 9.56. The summed E-state index contributed by atoms with van der Waals surface area (Å²) in [6.45, 7) is 0. The van der Waals surface area contributed by atoms with Gasteiger partial charge in [0.15, 0.2) is 0 Å². The van der Waals surface area contributed by atoms with E-state index in [0.717, 1.165) is 6.29 Å². The summed E-state index contributed by atoms with van der Waals surface area (Å²) < 4.78 is 0. The van der Waals surface area contributed by atoms with Crippen molar-refractivity contribution in [1.29, 1.82) is 0 Å². The van der Waals surface area contributed by atoms with Crippen molar-refractivity contribution in [2.75, 3.05) is 5.33 Å². The van der Waals surface area contributed by atoms with E-state index in [1.54, 1.807) is 38.5 Å². The minimum Gasteiger partial charge on any atom is -0.302 e. The largest absolute Gasteiger partial charge is 0.302 e. The van der Waals surface area contributed by atoms with Crippen molar-refractivity contribution in [2.45, 2.75) is 38.5 Å². The first kappa shape index (κ1) is 10.7. The molecule has 0 spiro atoms. The first-order valence-electron chi connectivity index (χ1n) is 5.81. The minimum absolute atomic E-state index is 0.451. The quantitative estimate of drug-likeness (QED) is 0.521.